The molecule has 0 radical (unpaired) electrons. The second kappa shape index (κ2) is 4.87. The van der Waals surface area contributed by atoms with Crippen LogP contribution >= 0.6 is 11.6 Å². The molecular formula is C16H19ClN2O2. The Hall–Kier alpha value is -1.29. The van der Waals surface area contributed by atoms with Crippen molar-refractivity contribution in [3.05, 3.63) is 33.3 Å². The SMILES string of the molecule is O=[N+]([O-])c1ccc(NC2CC3CC2C2CCCC32)c(Cl)c1. The van der Waals surface area contributed by atoms with Crippen LogP contribution in [0.25, 0.3) is 0 Å². The quantitative estimate of drug-likeness (QED) is 0.661. The third kappa shape index (κ3) is 2.11. The lowest BCUT2D eigenvalue weighted by Crippen LogP contribution is -2.33. The van der Waals surface area contributed by atoms with Crippen molar-refractivity contribution in [2.45, 2.75) is 38.1 Å². The van der Waals surface area contributed by atoms with Gasteiger partial charge in [0.1, 0.15) is 0 Å². The van der Waals surface area contributed by atoms with E-state index in [0.717, 1.165) is 29.4 Å². The zero-order chi connectivity index (χ0) is 14.6. The standard InChI is InChI=1S/C16H19ClN2O2/c17-14-8-10(19(20)21)4-5-15(14)18-16-7-9-6-13(16)12-3-1-2-11(9)12/h4-5,8-9,11-13,16,18H,1-3,6-7H2. The molecule has 3 saturated carbocycles. The van der Waals surface area contributed by atoms with Gasteiger partial charge in [0.05, 0.1) is 15.6 Å². The normalized spacial score (nSPS) is 36.7. The Morgan fingerprint density at radius 1 is 1.19 bits per heavy atom. The molecule has 3 fully saturated rings. The first-order valence-corrected chi connectivity index (χ1v) is 8.22. The summed E-state index contributed by atoms with van der Waals surface area (Å²) in [6.45, 7) is 0. The number of anilines is 1. The van der Waals surface area contributed by atoms with Gasteiger partial charge in [-0.05, 0) is 55.4 Å². The Balaban J connectivity index is 1.51. The van der Waals surface area contributed by atoms with Gasteiger partial charge in [0, 0.05) is 18.2 Å². The first-order chi connectivity index (χ1) is 10.1. The molecule has 4 nitrogen and oxygen atoms in total. The number of nitro groups is 1. The fourth-order valence-corrected chi connectivity index (χ4v) is 5.40. The Kier molecular flexibility index (Phi) is 3.10. The van der Waals surface area contributed by atoms with Crippen LogP contribution in [0.15, 0.2) is 18.2 Å². The number of non-ortho nitro benzene ring substituents is 1. The summed E-state index contributed by atoms with van der Waals surface area (Å²) < 4.78 is 0. The Labute approximate surface area is 129 Å². The first-order valence-electron chi connectivity index (χ1n) is 7.84. The number of nitrogens with zero attached hydrogens (tertiary/aromatic N) is 1. The molecule has 1 N–H and O–H groups in total. The van der Waals surface area contributed by atoms with Crippen LogP contribution in [-0.4, -0.2) is 11.0 Å². The number of fused-ring (bicyclic) bond motifs is 5. The minimum atomic E-state index is -0.406. The van der Waals surface area contributed by atoms with Gasteiger partial charge in [-0.25, -0.2) is 0 Å². The van der Waals surface area contributed by atoms with Crippen molar-refractivity contribution in [2.24, 2.45) is 23.7 Å². The summed E-state index contributed by atoms with van der Waals surface area (Å²) in [6.07, 6.45) is 6.80. The molecule has 2 bridgehead atoms. The Bertz CT molecular complexity index is 592. The predicted molar refractivity (Wildman–Crippen MR) is 82.6 cm³/mol. The molecule has 0 amide bonds. The fraction of sp³-hybridized carbons (Fsp3) is 0.625. The predicted octanol–water partition coefficient (Wildman–Crippen LogP) is 4.48. The zero-order valence-electron chi connectivity index (χ0n) is 11.8. The van der Waals surface area contributed by atoms with Gasteiger partial charge in [0.25, 0.3) is 5.69 Å². The first kappa shape index (κ1) is 13.4. The third-order valence-corrected chi connectivity index (χ3v) is 6.25. The van der Waals surface area contributed by atoms with Crippen molar-refractivity contribution in [1.82, 2.24) is 0 Å². The number of benzene rings is 1. The van der Waals surface area contributed by atoms with E-state index in [1.165, 1.54) is 44.2 Å². The summed E-state index contributed by atoms with van der Waals surface area (Å²) in [5.41, 5.74) is 0.892. The Morgan fingerprint density at radius 3 is 2.76 bits per heavy atom. The number of halogens is 1. The maximum Gasteiger partial charge on any atom is 0.271 e. The molecule has 21 heavy (non-hydrogen) atoms. The molecule has 3 aliphatic carbocycles. The maximum atomic E-state index is 10.8. The van der Waals surface area contributed by atoms with Crippen LogP contribution in [0.3, 0.4) is 0 Å². The van der Waals surface area contributed by atoms with E-state index in [2.05, 4.69) is 5.32 Å². The summed E-state index contributed by atoms with van der Waals surface area (Å²) >= 11 is 6.20. The van der Waals surface area contributed by atoms with Gasteiger partial charge in [0.2, 0.25) is 0 Å². The van der Waals surface area contributed by atoms with Crippen molar-refractivity contribution in [3.8, 4) is 0 Å². The van der Waals surface area contributed by atoms with Gasteiger partial charge in [-0.3, -0.25) is 10.1 Å². The lowest BCUT2D eigenvalue weighted by molar-refractivity contribution is -0.384. The van der Waals surface area contributed by atoms with E-state index in [4.69, 9.17) is 11.6 Å². The van der Waals surface area contributed by atoms with Gasteiger partial charge < -0.3 is 5.32 Å². The Morgan fingerprint density at radius 2 is 2.00 bits per heavy atom. The average Bonchev–Trinajstić information content (AvgIpc) is 3.12. The van der Waals surface area contributed by atoms with Gasteiger partial charge in [-0.2, -0.15) is 0 Å². The van der Waals surface area contributed by atoms with Crippen LogP contribution in [0.2, 0.25) is 5.02 Å². The summed E-state index contributed by atoms with van der Waals surface area (Å²) in [7, 11) is 0. The van der Waals surface area contributed by atoms with E-state index in [-0.39, 0.29) is 5.69 Å². The van der Waals surface area contributed by atoms with Crippen molar-refractivity contribution in [1.29, 1.82) is 0 Å². The number of rotatable bonds is 3. The van der Waals surface area contributed by atoms with Crippen molar-refractivity contribution in [3.63, 3.8) is 0 Å². The third-order valence-electron chi connectivity index (χ3n) is 5.93. The minimum Gasteiger partial charge on any atom is -0.381 e. The summed E-state index contributed by atoms with van der Waals surface area (Å²) in [4.78, 5) is 10.4. The van der Waals surface area contributed by atoms with Gasteiger partial charge in [0.15, 0.2) is 0 Å². The molecule has 3 aliphatic rings. The second-order valence-electron chi connectivity index (χ2n) is 6.83. The van der Waals surface area contributed by atoms with Crippen LogP contribution in [0.4, 0.5) is 11.4 Å². The highest BCUT2D eigenvalue weighted by Gasteiger charge is 2.53. The largest absolute Gasteiger partial charge is 0.381 e. The molecule has 0 aromatic heterocycles. The van der Waals surface area contributed by atoms with Crippen LogP contribution in [-0.2, 0) is 0 Å². The molecule has 112 valence electrons. The summed E-state index contributed by atoms with van der Waals surface area (Å²) in [6, 6.07) is 5.21. The molecule has 5 atom stereocenters. The van der Waals surface area contributed by atoms with Crippen LogP contribution < -0.4 is 5.32 Å². The van der Waals surface area contributed by atoms with E-state index in [0.29, 0.717) is 11.1 Å². The monoisotopic (exact) mass is 306 g/mol. The number of nitrogens with one attached hydrogen (secondary N) is 1. The molecular weight excluding hydrogens is 288 g/mol. The second-order valence-corrected chi connectivity index (χ2v) is 7.23. The number of hydrogen-bond donors (Lipinski definition) is 1. The van der Waals surface area contributed by atoms with Crippen molar-refractivity contribution in [2.75, 3.05) is 5.32 Å². The van der Waals surface area contributed by atoms with E-state index >= 15 is 0 Å². The van der Waals surface area contributed by atoms with E-state index in [1.54, 1.807) is 6.07 Å². The van der Waals surface area contributed by atoms with Crippen LogP contribution in [0.1, 0.15) is 32.1 Å². The average molecular weight is 307 g/mol. The topological polar surface area (TPSA) is 55.2 Å². The number of nitro benzene ring substituents is 1. The molecule has 0 spiro atoms. The minimum absolute atomic E-state index is 0.0503. The van der Waals surface area contributed by atoms with Gasteiger partial charge in [-0.1, -0.05) is 18.0 Å². The van der Waals surface area contributed by atoms with Gasteiger partial charge >= 0.3 is 0 Å². The van der Waals surface area contributed by atoms with Crippen molar-refractivity contribution < 1.29 is 4.92 Å². The molecule has 4 rings (SSSR count). The maximum absolute atomic E-state index is 10.8. The highest BCUT2D eigenvalue weighted by atomic mass is 35.5. The summed E-state index contributed by atoms with van der Waals surface area (Å²) in [5.74, 6) is 3.53. The highest BCUT2D eigenvalue weighted by molar-refractivity contribution is 6.33. The smallest absolute Gasteiger partial charge is 0.271 e. The molecule has 5 unspecified atom stereocenters. The number of hydrogen-bond acceptors (Lipinski definition) is 3. The van der Waals surface area contributed by atoms with Crippen molar-refractivity contribution >= 4 is 23.0 Å². The molecule has 1 aromatic carbocycles. The summed E-state index contributed by atoms with van der Waals surface area (Å²) in [5, 5.41) is 14.8. The van der Waals surface area contributed by atoms with E-state index in [1.807, 2.05) is 0 Å². The van der Waals surface area contributed by atoms with Crippen LogP contribution in [0, 0.1) is 33.8 Å². The highest BCUT2D eigenvalue weighted by Crippen LogP contribution is 2.59. The van der Waals surface area contributed by atoms with E-state index in [9.17, 15) is 10.1 Å². The molecule has 0 saturated heterocycles. The van der Waals surface area contributed by atoms with Gasteiger partial charge in [-0.15, -0.1) is 0 Å². The molecule has 0 heterocycles. The zero-order valence-corrected chi connectivity index (χ0v) is 12.6. The lowest BCUT2D eigenvalue weighted by Gasteiger charge is -2.32. The lowest BCUT2D eigenvalue weighted by atomic mass is 9.79. The van der Waals surface area contributed by atoms with E-state index < -0.39 is 4.92 Å². The van der Waals surface area contributed by atoms with Crippen LogP contribution in [0.5, 0.6) is 0 Å². The molecule has 0 aliphatic heterocycles. The molecule has 5 heteroatoms. The molecule has 1 aromatic rings. The fourth-order valence-electron chi connectivity index (χ4n) is 5.17.